The lowest BCUT2D eigenvalue weighted by molar-refractivity contribution is -0.147. The van der Waals surface area contributed by atoms with E-state index in [0.29, 0.717) is 16.9 Å². The van der Waals surface area contributed by atoms with Crippen LogP contribution in [0.5, 0.6) is 0 Å². The molecule has 2 N–H and O–H groups in total. The third-order valence-corrected chi connectivity index (χ3v) is 5.09. The van der Waals surface area contributed by atoms with E-state index in [9.17, 15) is 18.8 Å². The van der Waals surface area contributed by atoms with Gasteiger partial charge in [0.15, 0.2) is 0 Å². The summed E-state index contributed by atoms with van der Waals surface area (Å²) in [7, 11) is 2.77. The molecule has 0 bridgehead atoms. The maximum Gasteiger partial charge on any atom is 0.328 e. The van der Waals surface area contributed by atoms with Crippen LogP contribution < -0.4 is 10.6 Å². The molecule has 0 spiro atoms. The third kappa shape index (κ3) is 5.58. The van der Waals surface area contributed by atoms with Crippen molar-refractivity contribution in [3.05, 3.63) is 66.2 Å². The number of rotatable bonds is 7. The Kier molecular flexibility index (Phi) is 7.62. The lowest BCUT2D eigenvalue weighted by Gasteiger charge is -2.27. The summed E-state index contributed by atoms with van der Waals surface area (Å²) < 4.78 is 23.7. The number of carbonyl (C=O) groups is 3. The minimum absolute atomic E-state index is 0.0291. The summed E-state index contributed by atoms with van der Waals surface area (Å²) in [5.74, 6) is -1.77. The number of urea groups is 1. The molecule has 0 radical (unpaired) electrons. The van der Waals surface area contributed by atoms with Crippen LogP contribution >= 0.6 is 0 Å². The summed E-state index contributed by atoms with van der Waals surface area (Å²) in [6.07, 6.45) is 0. The molecule has 10 heteroatoms. The fourth-order valence-electron chi connectivity index (χ4n) is 3.38. The Labute approximate surface area is 195 Å². The number of nitrogens with zero attached hydrogens (tertiary/aromatic N) is 2. The molecule has 0 aliphatic rings. The largest absolute Gasteiger partial charge is 0.467 e. The second kappa shape index (κ2) is 10.6. The molecule has 1 heterocycles. The number of anilines is 2. The number of aromatic nitrogens is 1. The van der Waals surface area contributed by atoms with E-state index < -0.39 is 29.8 Å². The Bertz CT molecular complexity index is 1180. The van der Waals surface area contributed by atoms with E-state index in [4.69, 9.17) is 9.26 Å². The lowest BCUT2D eigenvalue weighted by Crippen LogP contribution is -2.46. The van der Waals surface area contributed by atoms with Crippen molar-refractivity contribution in [2.45, 2.75) is 19.9 Å². The van der Waals surface area contributed by atoms with Crippen molar-refractivity contribution >= 4 is 29.3 Å². The first-order chi connectivity index (χ1) is 16.2. The van der Waals surface area contributed by atoms with Crippen LogP contribution in [0, 0.1) is 11.7 Å². The van der Waals surface area contributed by atoms with Crippen molar-refractivity contribution < 1.29 is 28.0 Å². The van der Waals surface area contributed by atoms with Crippen LogP contribution in [0.2, 0.25) is 0 Å². The molecule has 1 aromatic heterocycles. The van der Waals surface area contributed by atoms with E-state index >= 15 is 0 Å². The number of amides is 3. The molecule has 9 nitrogen and oxygen atoms in total. The van der Waals surface area contributed by atoms with Gasteiger partial charge in [-0.3, -0.25) is 4.79 Å². The van der Waals surface area contributed by atoms with Gasteiger partial charge in [0.05, 0.1) is 12.8 Å². The number of ether oxygens (including phenoxy) is 1. The molecular formula is C24H25FN4O5. The molecular weight excluding hydrogens is 443 g/mol. The van der Waals surface area contributed by atoms with Crippen LogP contribution in [-0.2, 0) is 9.53 Å². The van der Waals surface area contributed by atoms with Crippen LogP contribution in [0.1, 0.15) is 24.4 Å². The Morgan fingerprint density at radius 3 is 2.35 bits per heavy atom. The number of likely N-dealkylation sites (N-methyl/N-ethyl adjacent to an activating group) is 1. The lowest BCUT2D eigenvalue weighted by atomic mass is 10.0. The highest BCUT2D eigenvalue weighted by Crippen LogP contribution is 2.23. The molecule has 0 aliphatic carbocycles. The van der Waals surface area contributed by atoms with Crippen molar-refractivity contribution in [1.29, 1.82) is 0 Å². The number of halogens is 1. The highest BCUT2D eigenvalue weighted by molar-refractivity contribution is 6.00. The van der Waals surface area contributed by atoms with Gasteiger partial charge >= 0.3 is 12.0 Å². The van der Waals surface area contributed by atoms with Crippen LogP contribution in [0.4, 0.5) is 20.6 Å². The Balaban J connectivity index is 1.67. The van der Waals surface area contributed by atoms with E-state index in [1.54, 1.807) is 30.3 Å². The molecule has 0 aliphatic heterocycles. The van der Waals surface area contributed by atoms with Gasteiger partial charge < -0.3 is 24.8 Å². The van der Waals surface area contributed by atoms with E-state index in [1.165, 1.54) is 43.3 Å². The first-order valence-corrected chi connectivity index (χ1v) is 10.5. The first-order valence-electron chi connectivity index (χ1n) is 10.5. The van der Waals surface area contributed by atoms with Gasteiger partial charge in [0, 0.05) is 24.4 Å². The monoisotopic (exact) mass is 468 g/mol. The van der Waals surface area contributed by atoms with E-state index in [2.05, 4.69) is 15.8 Å². The number of esters is 1. The zero-order valence-corrected chi connectivity index (χ0v) is 19.2. The fourth-order valence-corrected chi connectivity index (χ4v) is 3.38. The predicted octanol–water partition coefficient (Wildman–Crippen LogP) is 4.39. The molecule has 2 aromatic carbocycles. The molecule has 178 valence electrons. The zero-order valence-electron chi connectivity index (χ0n) is 19.2. The van der Waals surface area contributed by atoms with E-state index in [-0.39, 0.29) is 17.4 Å². The molecule has 0 saturated heterocycles. The van der Waals surface area contributed by atoms with Gasteiger partial charge in [-0.1, -0.05) is 43.3 Å². The van der Waals surface area contributed by atoms with Crippen molar-refractivity contribution in [3.63, 3.8) is 0 Å². The summed E-state index contributed by atoms with van der Waals surface area (Å²) in [5.41, 5.74) is 1.57. The Morgan fingerprint density at radius 1 is 1.06 bits per heavy atom. The Hall–Kier alpha value is -4.21. The summed E-state index contributed by atoms with van der Waals surface area (Å²) in [6, 6.07) is 12.6. The van der Waals surface area contributed by atoms with Crippen molar-refractivity contribution in [2.24, 2.45) is 5.92 Å². The van der Waals surface area contributed by atoms with Gasteiger partial charge in [-0.15, -0.1) is 0 Å². The number of hydrogen-bond donors (Lipinski definition) is 2. The number of para-hydroxylation sites is 1. The van der Waals surface area contributed by atoms with Crippen LogP contribution in [0.25, 0.3) is 11.3 Å². The normalized spacial score (nSPS) is 11.6. The maximum absolute atomic E-state index is 13.7. The number of hydrogen-bond acceptors (Lipinski definition) is 6. The van der Waals surface area contributed by atoms with Gasteiger partial charge in [-0.25, -0.2) is 14.0 Å². The summed E-state index contributed by atoms with van der Waals surface area (Å²) in [6.45, 7) is 3.62. The predicted molar refractivity (Wildman–Crippen MR) is 124 cm³/mol. The van der Waals surface area contributed by atoms with Gasteiger partial charge in [0.2, 0.25) is 5.76 Å². The number of carbonyl (C=O) groups excluding carboxylic acids is 3. The standard InChI is InChI=1S/C24H25FN4O5/c1-14(2)21(23(31)33-4)29(3)22(30)20-13-19(28-34-20)15-9-11-16(12-10-15)26-24(32)27-18-8-6-5-7-17(18)25/h5-14,21H,1-4H3,(H2,26,27,32). The zero-order chi connectivity index (χ0) is 24.8. The third-order valence-electron chi connectivity index (χ3n) is 5.09. The van der Waals surface area contributed by atoms with Crippen molar-refractivity contribution in [2.75, 3.05) is 24.8 Å². The molecule has 1 unspecified atom stereocenters. The molecule has 3 amide bonds. The Morgan fingerprint density at radius 2 is 1.74 bits per heavy atom. The minimum Gasteiger partial charge on any atom is -0.467 e. The summed E-state index contributed by atoms with van der Waals surface area (Å²) >= 11 is 0. The summed E-state index contributed by atoms with van der Waals surface area (Å²) in [4.78, 5) is 38.3. The van der Waals surface area contributed by atoms with Gasteiger partial charge in [-0.2, -0.15) is 0 Å². The highest BCUT2D eigenvalue weighted by atomic mass is 19.1. The SMILES string of the molecule is COC(=O)C(C(C)C)N(C)C(=O)c1cc(-c2ccc(NC(=O)Nc3ccccc3F)cc2)no1. The summed E-state index contributed by atoms with van der Waals surface area (Å²) in [5, 5.41) is 8.98. The molecule has 3 aromatic rings. The van der Waals surface area contributed by atoms with Crippen LogP contribution in [-0.4, -0.2) is 48.2 Å². The average molecular weight is 468 g/mol. The number of methoxy groups -OCH3 is 1. The van der Waals surface area contributed by atoms with E-state index in [0.717, 1.165) is 0 Å². The van der Waals surface area contributed by atoms with E-state index in [1.807, 2.05) is 13.8 Å². The number of benzene rings is 2. The number of nitrogens with one attached hydrogen (secondary N) is 2. The smallest absolute Gasteiger partial charge is 0.328 e. The fraction of sp³-hybridized carbons (Fsp3) is 0.250. The molecule has 0 fully saturated rings. The molecule has 0 saturated carbocycles. The van der Waals surface area contributed by atoms with Crippen molar-refractivity contribution in [1.82, 2.24) is 10.1 Å². The second-order valence-corrected chi connectivity index (χ2v) is 7.84. The van der Waals surface area contributed by atoms with Crippen LogP contribution in [0.15, 0.2) is 59.1 Å². The van der Waals surface area contributed by atoms with Crippen molar-refractivity contribution in [3.8, 4) is 11.3 Å². The average Bonchev–Trinajstić information content (AvgIpc) is 3.30. The van der Waals surface area contributed by atoms with Crippen LogP contribution in [0.3, 0.4) is 0 Å². The highest BCUT2D eigenvalue weighted by Gasteiger charge is 2.32. The quantitative estimate of drug-likeness (QED) is 0.497. The topological polar surface area (TPSA) is 114 Å². The molecule has 3 rings (SSSR count). The van der Waals surface area contributed by atoms with Gasteiger partial charge in [-0.05, 0) is 30.2 Å². The maximum atomic E-state index is 13.7. The molecule has 34 heavy (non-hydrogen) atoms. The minimum atomic E-state index is -0.771. The van der Waals surface area contributed by atoms with Gasteiger partial charge in [0.1, 0.15) is 17.6 Å². The molecule has 1 atom stereocenters. The first kappa shape index (κ1) is 24.4. The second-order valence-electron chi connectivity index (χ2n) is 7.84. The van der Waals surface area contributed by atoms with Gasteiger partial charge in [0.25, 0.3) is 5.91 Å².